The molecule has 1 fully saturated rings. The molecule has 0 aromatic heterocycles. The van der Waals surface area contributed by atoms with Crippen molar-refractivity contribution in [2.45, 2.75) is 24.6 Å². The molecule has 0 aliphatic carbocycles. The van der Waals surface area contributed by atoms with Gasteiger partial charge in [0.25, 0.3) is 0 Å². The molecule has 1 saturated heterocycles. The van der Waals surface area contributed by atoms with Gasteiger partial charge < -0.3 is 9.64 Å². The molecule has 3 rings (SSSR count). The van der Waals surface area contributed by atoms with Gasteiger partial charge in [0, 0.05) is 13.1 Å². The van der Waals surface area contributed by atoms with Gasteiger partial charge in [0.15, 0.2) is 5.84 Å². The van der Waals surface area contributed by atoms with Gasteiger partial charge in [-0.1, -0.05) is 0 Å². The number of nitrogens with one attached hydrogen (secondary N) is 1. The lowest BCUT2D eigenvalue weighted by Gasteiger charge is -2.42. The van der Waals surface area contributed by atoms with Crippen molar-refractivity contribution < 1.29 is 30.5 Å². The van der Waals surface area contributed by atoms with Gasteiger partial charge in [-0.05, 0) is 19.1 Å². The summed E-state index contributed by atoms with van der Waals surface area (Å²) in [6, 6.07) is 2.04. The van der Waals surface area contributed by atoms with Crippen LogP contribution in [0, 0.1) is 11.3 Å². The van der Waals surface area contributed by atoms with E-state index in [1.54, 1.807) is 29.0 Å². The van der Waals surface area contributed by atoms with Crippen molar-refractivity contribution >= 4 is 16.0 Å². The van der Waals surface area contributed by atoms with Crippen molar-refractivity contribution in [1.82, 2.24) is 15.3 Å². The van der Waals surface area contributed by atoms with E-state index in [-0.39, 0.29) is 19.3 Å². The van der Waals surface area contributed by atoms with Crippen LogP contribution in [0.5, 0.6) is 0 Å². The molecular weight excluding hydrogens is 391 g/mol. The van der Waals surface area contributed by atoms with Gasteiger partial charge in [0.2, 0.25) is 0 Å². The summed E-state index contributed by atoms with van der Waals surface area (Å²) in [6.07, 6.45) is 2.00. The number of alkyl halides is 3. The molecule has 0 spiro atoms. The molecule has 1 N–H and O–H groups in total. The Labute approximate surface area is 153 Å². The average molecular weight is 407 g/mol. The van der Waals surface area contributed by atoms with Crippen LogP contribution in [0.15, 0.2) is 28.5 Å². The molecular formula is C14H16F3N5O4S. The van der Waals surface area contributed by atoms with Gasteiger partial charge in [-0.2, -0.15) is 26.9 Å². The summed E-state index contributed by atoms with van der Waals surface area (Å²) in [4.78, 5) is 6.01. The smallest absolute Gasteiger partial charge is 0.369 e. The van der Waals surface area contributed by atoms with E-state index in [9.17, 15) is 21.6 Å². The Balaban J connectivity index is 1.73. The van der Waals surface area contributed by atoms with E-state index >= 15 is 0 Å². The number of hydrogen-bond acceptors (Lipinski definition) is 9. The highest BCUT2D eigenvalue weighted by Gasteiger charge is 2.48. The van der Waals surface area contributed by atoms with E-state index in [4.69, 9.17) is 10.00 Å². The number of hydrazine groups is 1. The monoisotopic (exact) mass is 407 g/mol. The molecule has 0 bridgehead atoms. The molecule has 3 aliphatic rings. The molecule has 148 valence electrons. The lowest BCUT2D eigenvalue weighted by atomic mass is 10.1. The summed E-state index contributed by atoms with van der Waals surface area (Å²) in [5, 5.41) is 10.8. The minimum atomic E-state index is -5.68. The molecule has 0 saturated carbocycles. The van der Waals surface area contributed by atoms with Gasteiger partial charge in [0.1, 0.15) is 24.7 Å². The first kappa shape index (κ1) is 19.6. The molecule has 2 atom stereocenters. The lowest BCUT2D eigenvalue weighted by molar-refractivity contribution is -0.0938. The molecule has 0 aromatic rings. The second-order valence-electron chi connectivity index (χ2n) is 6.01. The number of fused-ring (bicyclic) bond motifs is 1. The molecule has 3 aliphatic heterocycles. The number of nitrogens with zero attached hydrogens (tertiary/aromatic N) is 4. The minimum absolute atomic E-state index is 0.102. The van der Waals surface area contributed by atoms with Crippen molar-refractivity contribution in [2.24, 2.45) is 4.99 Å². The fraction of sp³-hybridized carbons (Fsp3) is 0.571. The summed E-state index contributed by atoms with van der Waals surface area (Å²) in [6.45, 7) is 1.75. The van der Waals surface area contributed by atoms with Gasteiger partial charge >= 0.3 is 15.6 Å². The summed E-state index contributed by atoms with van der Waals surface area (Å²) in [5.41, 5.74) is -2.12. The van der Waals surface area contributed by atoms with Crippen LogP contribution in [0.2, 0.25) is 0 Å². The molecule has 27 heavy (non-hydrogen) atoms. The Bertz CT molecular complexity index is 846. The number of amidine groups is 1. The minimum Gasteiger partial charge on any atom is -0.369 e. The summed E-state index contributed by atoms with van der Waals surface area (Å²) in [7, 11) is -5.68. The zero-order valence-corrected chi connectivity index (χ0v) is 14.9. The molecule has 0 unspecified atom stereocenters. The average Bonchev–Trinajstić information content (AvgIpc) is 3.07. The quantitative estimate of drug-likeness (QED) is 0.528. The zero-order chi connectivity index (χ0) is 19.8. The lowest BCUT2D eigenvalue weighted by Crippen LogP contribution is -2.53. The van der Waals surface area contributed by atoms with E-state index in [2.05, 4.69) is 14.6 Å². The van der Waals surface area contributed by atoms with Crippen LogP contribution in [-0.4, -0.2) is 68.2 Å². The number of morpholine rings is 1. The number of ether oxygens (including phenoxy) is 1. The van der Waals surface area contributed by atoms with Crippen LogP contribution in [0.25, 0.3) is 0 Å². The van der Waals surface area contributed by atoms with Crippen LogP contribution < -0.4 is 5.43 Å². The molecule has 13 heteroatoms. The van der Waals surface area contributed by atoms with Gasteiger partial charge in [-0.25, -0.2) is 15.4 Å². The largest absolute Gasteiger partial charge is 0.523 e. The fourth-order valence-corrected chi connectivity index (χ4v) is 3.38. The maximum Gasteiger partial charge on any atom is 0.523 e. The summed E-state index contributed by atoms with van der Waals surface area (Å²) in [5.74, 6) is 1.07. The van der Waals surface area contributed by atoms with Crippen molar-refractivity contribution in [2.75, 3.05) is 26.4 Å². The Kier molecular flexibility index (Phi) is 5.17. The van der Waals surface area contributed by atoms with E-state index in [1.807, 2.05) is 6.07 Å². The number of nitriles is 1. The molecule has 9 nitrogen and oxygen atoms in total. The van der Waals surface area contributed by atoms with Crippen molar-refractivity contribution in [3.63, 3.8) is 0 Å². The third-order valence-electron chi connectivity index (χ3n) is 4.00. The third kappa shape index (κ3) is 3.93. The second kappa shape index (κ2) is 7.12. The van der Waals surface area contributed by atoms with Crippen molar-refractivity contribution in [3.8, 4) is 6.07 Å². The first-order chi connectivity index (χ1) is 12.6. The predicted molar refractivity (Wildman–Crippen MR) is 85.9 cm³/mol. The molecule has 0 aromatic carbocycles. The number of rotatable bonds is 4. The Morgan fingerprint density at radius 2 is 2.19 bits per heavy atom. The SMILES string of the molecule is C[C@@H]1CN(C2=CC=C(C#N)C3=NCNN23)C[C@H](COS(=O)(=O)C(F)(F)F)O1. The maximum atomic E-state index is 12.4. The number of halogens is 3. The topological polar surface area (TPSA) is 107 Å². The van der Waals surface area contributed by atoms with Crippen LogP contribution in [0.3, 0.4) is 0 Å². The fourth-order valence-electron chi connectivity index (χ4n) is 2.92. The summed E-state index contributed by atoms with van der Waals surface area (Å²) < 4.78 is 69.0. The van der Waals surface area contributed by atoms with Crippen LogP contribution in [-0.2, 0) is 19.0 Å². The molecule has 0 radical (unpaired) electrons. The highest BCUT2D eigenvalue weighted by molar-refractivity contribution is 7.87. The van der Waals surface area contributed by atoms with Crippen molar-refractivity contribution in [3.05, 3.63) is 23.5 Å². The second-order valence-corrected chi connectivity index (χ2v) is 7.62. The van der Waals surface area contributed by atoms with Gasteiger partial charge in [-0.3, -0.25) is 4.18 Å². The highest BCUT2D eigenvalue weighted by Crippen LogP contribution is 2.27. The Hall–Kier alpha value is -2.14. The van der Waals surface area contributed by atoms with Gasteiger partial charge in [0.05, 0.1) is 18.3 Å². The van der Waals surface area contributed by atoms with E-state index < -0.39 is 28.3 Å². The third-order valence-corrected chi connectivity index (χ3v) is 5.02. The zero-order valence-electron chi connectivity index (χ0n) is 14.1. The number of allylic oxidation sites excluding steroid dienone is 2. The van der Waals surface area contributed by atoms with Crippen molar-refractivity contribution in [1.29, 1.82) is 5.26 Å². The number of hydrogen-bond donors (Lipinski definition) is 1. The van der Waals surface area contributed by atoms with Crippen LogP contribution in [0.1, 0.15) is 6.92 Å². The molecule has 3 heterocycles. The predicted octanol–water partition coefficient (Wildman–Crippen LogP) is 0.423. The number of aliphatic imine (C=N–C) groups is 1. The van der Waals surface area contributed by atoms with Gasteiger partial charge in [-0.15, -0.1) is 0 Å². The maximum absolute atomic E-state index is 12.4. The van der Waals surface area contributed by atoms with E-state index in [1.165, 1.54) is 0 Å². The van der Waals surface area contributed by atoms with Crippen LogP contribution in [0.4, 0.5) is 13.2 Å². The Morgan fingerprint density at radius 1 is 1.44 bits per heavy atom. The first-order valence-corrected chi connectivity index (χ1v) is 9.30. The van der Waals surface area contributed by atoms with Crippen LogP contribution >= 0.6 is 0 Å². The summed E-state index contributed by atoms with van der Waals surface area (Å²) >= 11 is 0. The standard InChI is InChI=1S/C14H16F3N5O4S/c1-9-5-21(6-11(26-9)7-25-27(23,24)14(15,16)17)12-3-2-10(4-18)13-19-8-20-22(12)13/h2-3,9,11,20H,5-8H2,1H3/t9-,11-/m1/s1. The molecule has 0 amide bonds. The van der Waals surface area contributed by atoms with E-state index in [0.717, 1.165) is 0 Å². The van der Waals surface area contributed by atoms with E-state index in [0.29, 0.717) is 23.8 Å². The first-order valence-electron chi connectivity index (χ1n) is 7.89. The highest BCUT2D eigenvalue weighted by atomic mass is 32.2. The Morgan fingerprint density at radius 3 is 2.85 bits per heavy atom. The normalized spacial score (nSPS) is 26.1.